The Bertz CT molecular complexity index is 323. The highest BCUT2D eigenvalue weighted by Gasteiger charge is 2.34. The Kier molecular flexibility index (Phi) is 4.60. The van der Waals surface area contributed by atoms with Gasteiger partial charge < -0.3 is 5.73 Å². The number of alkyl halides is 3. The van der Waals surface area contributed by atoms with Gasteiger partial charge >= 0.3 is 6.18 Å². The van der Waals surface area contributed by atoms with Crippen molar-refractivity contribution in [3.05, 3.63) is 11.3 Å². The summed E-state index contributed by atoms with van der Waals surface area (Å²) in [5, 5.41) is 0. The second-order valence-corrected chi connectivity index (χ2v) is 4.40. The second kappa shape index (κ2) is 5.56. The molecule has 98 valence electrons. The molecule has 0 aliphatic heterocycles. The number of rotatable bonds is 3. The van der Waals surface area contributed by atoms with Crippen molar-refractivity contribution < 1.29 is 13.2 Å². The van der Waals surface area contributed by atoms with Crippen LogP contribution in [0.4, 0.5) is 13.2 Å². The van der Waals surface area contributed by atoms with E-state index in [4.69, 9.17) is 5.73 Å². The number of allylic oxidation sites excluding steroid dienone is 2. The van der Waals surface area contributed by atoms with Gasteiger partial charge in [0.15, 0.2) is 0 Å². The Labute approximate surface area is 99.8 Å². The molecule has 0 aromatic heterocycles. The van der Waals surface area contributed by atoms with Crippen LogP contribution in [0, 0.1) is 0 Å². The molecule has 0 aromatic rings. The summed E-state index contributed by atoms with van der Waals surface area (Å²) in [5.74, 6) is 0. The van der Waals surface area contributed by atoms with Crippen LogP contribution in [0.3, 0.4) is 0 Å². The smallest absolute Gasteiger partial charge is 0.394 e. The van der Waals surface area contributed by atoms with Gasteiger partial charge in [0.25, 0.3) is 0 Å². The SMILES string of the molecule is CCC(C(C)=NC1CCCC1)=C(N)C(F)(F)F. The maximum atomic E-state index is 12.5. The highest BCUT2D eigenvalue weighted by Crippen LogP contribution is 2.27. The molecule has 1 saturated carbocycles. The summed E-state index contributed by atoms with van der Waals surface area (Å²) in [4.78, 5) is 4.36. The molecule has 0 saturated heterocycles. The van der Waals surface area contributed by atoms with Crippen LogP contribution in [0.15, 0.2) is 16.3 Å². The van der Waals surface area contributed by atoms with E-state index in [2.05, 4.69) is 4.99 Å². The zero-order chi connectivity index (χ0) is 13.1. The van der Waals surface area contributed by atoms with Gasteiger partial charge in [0.2, 0.25) is 0 Å². The van der Waals surface area contributed by atoms with E-state index in [0.29, 0.717) is 5.71 Å². The molecule has 0 amide bonds. The first-order chi connectivity index (χ1) is 7.86. The summed E-state index contributed by atoms with van der Waals surface area (Å²) >= 11 is 0. The van der Waals surface area contributed by atoms with E-state index in [-0.39, 0.29) is 18.0 Å². The fourth-order valence-electron chi connectivity index (χ4n) is 2.20. The lowest BCUT2D eigenvalue weighted by atomic mass is 10.1. The zero-order valence-corrected chi connectivity index (χ0v) is 10.3. The molecule has 0 unspecified atom stereocenters. The molecule has 17 heavy (non-hydrogen) atoms. The Balaban J connectivity index is 2.93. The van der Waals surface area contributed by atoms with E-state index in [0.717, 1.165) is 25.7 Å². The fraction of sp³-hybridized carbons (Fsp3) is 0.750. The third-order valence-corrected chi connectivity index (χ3v) is 3.12. The van der Waals surface area contributed by atoms with Crippen LogP contribution in [0.5, 0.6) is 0 Å². The van der Waals surface area contributed by atoms with E-state index >= 15 is 0 Å². The van der Waals surface area contributed by atoms with Gasteiger partial charge in [0, 0.05) is 11.3 Å². The van der Waals surface area contributed by atoms with Crippen molar-refractivity contribution in [3.8, 4) is 0 Å². The summed E-state index contributed by atoms with van der Waals surface area (Å²) in [6.45, 7) is 3.29. The number of aliphatic imine (C=N–C) groups is 1. The topological polar surface area (TPSA) is 38.4 Å². The van der Waals surface area contributed by atoms with Crippen LogP contribution >= 0.6 is 0 Å². The van der Waals surface area contributed by atoms with Crippen LogP contribution in [0.25, 0.3) is 0 Å². The average Bonchev–Trinajstić information content (AvgIpc) is 2.70. The molecule has 0 atom stereocenters. The predicted octanol–water partition coefficient (Wildman–Crippen LogP) is 3.58. The molecule has 1 aliphatic rings. The van der Waals surface area contributed by atoms with E-state index in [1.165, 1.54) is 0 Å². The van der Waals surface area contributed by atoms with Crippen molar-refractivity contribution in [3.63, 3.8) is 0 Å². The second-order valence-electron chi connectivity index (χ2n) is 4.40. The fourth-order valence-corrected chi connectivity index (χ4v) is 2.20. The number of nitrogens with zero attached hydrogens (tertiary/aromatic N) is 1. The molecule has 1 aliphatic carbocycles. The Hall–Kier alpha value is -1.00. The van der Waals surface area contributed by atoms with Crippen LogP contribution in [-0.2, 0) is 0 Å². The molecule has 0 aromatic carbocycles. The van der Waals surface area contributed by atoms with Crippen molar-refractivity contribution >= 4 is 5.71 Å². The molecule has 1 rings (SSSR count). The molecule has 1 fully saturated rings. The summed E-state index contributed by atoms with van der Waals surface area (Å²) in [6, 6.07) is 0.178. The minimum atomic E-state index is -4.46. The lowest BCUT2D eigenvalue weighted by molar-refractivity contribution is -0.0933. The van der Waals surface area contributed by atoms with Gasteiger partial charge in [-0.3, -0.25) is 4.99 Å². The Morgan fingerprint density at radius 2 is 1.82 bits per heavy atom. The van der Waals surface area contributed by atoms with E-state index in [9.17, 15) is 13.2 Å². The number of nitrogens with two attached hydrogens (primary N) is 1. The third kappa shape index (κ3) is 3.75. The molecule has 0 heterocycles. The minimum Gasteiger partial charge on any atom is -0.394 e. The largest absolute Gasteiger partial charge is 0.431 e. The third-order valence-electron chi connectivity index (χ3n) is 3.12. The molecule has 0 spiro atoms. The van der Waals surface area contributed by atoms with Crippen molar-refractivity contribution in [2.75, 3.05) is 0 Å². The van der Waals surface area contributed by atoms with Crippen LogP contribution in [-0.4, -0.2) is 17.9 Å². The maximum Gasteiger partial charge on any atom is 0.431 e. The first-order valence-corrected chi connectivity index (χ1v) is 5.96. The standard InChI is InChI=1S/C12H19F3N2/c1-3-10(11(16)12(13,14)15)8(2)17-9-6-4-5-7-9/h9H,3-7,16H2,1-2H3. The summed E-state index contributed by atoms with van der Waals surface area (Å²) in [7, 11) is 0. The van der Waals surface area contributed by atoms with Gasteiger partial charge in [-0.15, -0.1) is 0 Å². The normalized spacial score (nSPS) is 20.6. The quantitative estimate of drug-likeness (QED) is 0.762. The first kappa shape index (κ1) is 14.1. The Morgan fingerprint density at radius 3 is 2.24 bits per heavy atom. The maximum absolute atomic E-state index is 12.5. The minimum absolute atomic E-state index is 0.129. The van der Waals surface area contributed by atoms with Crippen molar-refractivity contribution in [1.82, 2.24) is 0 Å². The number of hydrogen-bond donors (Lipinski definition) is 1. The van der Waals surface area contributed by atoms with Gasteiger partial charge in [-0.25, -0.2) is 0 Å². The summed E-state index contributed by atoms with van der Waals surface area (Å²) in [6.07, 6.45) is -0.0333. The van der Waals surface area contributed by atoms with Gasteiger partial charge in [-0.1, -0.05) is 19.8 Å². The monoisotopic (exact) mass is 248 g/mol. The summed E-state index contributed by atoms with van der Waals surface area (Å²) < 4.78 is 37.6. The van der Waals surface area contributed by atoms with Crippen LogP contribution in [0.2, 0.25) is 0 Å². The van der Waals surface area contributed by atoms with Crippen molar-refractivity contribution in [1.29, 1.82) is 0 Å². The molecular formula is C12H19F3N2. The molecule has 5 heteroatoms. The molecule has 2 nitrogen and oxygen atoms in total. The van der Waals surface area contributed by atoms with E-state index in [1.807, 2.05) is 0 Å². The van der Waals surface area contributed by atoms with Crippen LogP contribution in [0.1, 0.15) is 46.0 Å². The lowest BCUT2D eigenvalue weighted by Crippen LogP contribution is -2.24. The van der Waals surface area contributed by atoms with E-state index < -0.39 is 11.9 Å². The molecule has 0 bridgehead atoms. The van der Waals surface area contributed by atoms with Gasteiger partial charge in [0.05, 0.1) is 6.04 Å². The van der Waals surface area contributed by atoms with Gasteiger partial charge in [-0.05, 0) is 26.2 Å². The molecule has 2 N–H and O–H groups in total. The van der Waals surface area contributed by atoms with Crippen molar-refractivity contribution in [2.24, 2.45) is 10.7 Å². The van der Waals surface area contributed by atoms with Crippen molar-refractivity contribution in [2.45, 2.75) is 58.2 Å². The lowest BCUT2D eigenvalue weighted by Gasteiger charge is -2.14. The van der Waals surface area contributed by atoms with Gasteiger partial charge in [0.1, 0.15) is 5.70 Å². The first-order valence-electron chi connectivity index (χ1n) is 5.96. The predicted molar refractivity (Wildman–Crippen MR) is 62.9 cm³/mol. The average molecular weight is 248 g/mol. The molecular weight excluding hydrogens is 229 g/mol. The molecule has 0 radical (unpaired) electrons. The van der Waals surface area contributed by atoms with E-state index in [1.54, 1.807) is 13.8 Å². The highest BCUT2D eigenvalue weighted by molar-refractivity contribution is 5.99. The van der Waals surface area contributed by atoms with Gasteiger partial charge in [-0.2, -0.15) is 13.2 Å². The summed E-state index contributed by atoms with van der Waals surface area (Å²) in [5.41, 5.74) is 4.72. The number of halogens is 3. The number of hydrogen-bond acceptors (Lipinski definition) is 2. The Morgan fingerprint density at radius 1 is 1.29 bits per heavy atom. The zero-order valence-electron chi connectivity index (χ0n) is 10.3. The highest BCUT2D eigenvalue weighted by atomic mass is 19.4. The van der Waals surface area contributed by atoms with Crippen LogP contribution < -0.4 is 5.73 Å².